The van der Waals surface area contributed by atoms with Gasteiger partial charge in [0, 0.05) is 31.0 Å². The lowest BCUT2D eigenvalue weighted by molar-refractivity contribution is -0.140. The highest BCUT2D eigenvalue weighted by Crippen LogP contribution is 2.20. The van der Waals surface area contributed by atoms with Crippen molar-refractivity contribution in [3.05, 3.63) is 64.4 Å². The topological polar surface area (TPSA) is 86.8 Å². The third-order valence-electron chi connectivity index (χ3n) is 4.95. The van der Waals surface area contributed by atoms with Crippen molar-refractivity contribution in [2.45, 2.75) is 32.4 Å². The van der Waals surface area contributed by atoms with E-state index in [4.69, 9.17) is 0 Å². The molecule has 0 spiro atoms. The van der Waals surface area contributed by atoms with Crippen LogP contribution >= 0.6 is 15.9 Å². The normalized spacial score (nSPS) is 12.2. The number of carbonyl (C=O) groups excluding carboxylic acids is 2. The van der Waals surface area contributed by atoms with Crippen molar-refractivity contribution in [3.63, 3.8) is 0 Å². The Hall–Kier alpha value is -2.46. The number of sulfonamides is 1. The molecule has 7 nitrogen and oxygen atoms in total. The Labute approximate surface area is 196 Å². The zero-order valence-electron chi connectivity index (χ0n) is 18.2. The number of nitrogens with zero attached hydrogens (tertiary/aromatic N) is 2. The van der Waals surface area contributed by atoms with Crippen LogP contribution in [0.2, 0.25) is 0 Å². The fourth-order valence-corrected chi connectivity index (χ4v) is 4.42. The van der Waals surface area contributed by atoms with Gasteiger partial charge in [0.2, 0.25) is 21.8 Å². The molecule has 2 amide bonds. The van der Waals surface area contributed by atoms with Gasteiger partial charge >= 0.3 is 0 Å². The summed E-state index contributed by atoms with van der Waals surface area (Å²) in [5, 5.41) is 2.56. The van der Waals surface area contributed by atoms with E-state index in [-0.39, 0.29) is 37.7 Å². The molecule has 0 saturated heterocycles. The van der Waals surface area contributed by atoms with Crippen LogP contribution in [0.3, 0.4) is 0 Å². The highest BCUT2D eigenvalue weighted by molar-refractivity contribution is 9.10. The second-order valence-electron chi connectivity index (χ2n) is 7.35. The summed E-state index contributed by atoms with van der Waals surface area (Å²) in [4.78, 5) is 26.7. The Bertz CT molecular complexity index is 1030. The fraction of sp³-hybridized carbons (Fsp3) is 0.364. The predicted octanol–water partition coefficient (Wildman–Crippen LogP) is 3.30. The van der Waals surface area contributed by atoms with Crippen molar-refractivity contribution in [2.24, 2.45) is 0 Å². The third-order valence-corrected chi connectivity index (χ3v) is 6.67. The molecule has 0 heterocycles. The number of benzene rings is 2. The smallest absolute Gasteiger partial charge is 0.242 e. The monoisotopic (exact) mass is 527 g/mol. The lowest BCUT2D eigenvalue weighted by Gasteiger charge is -2.29. The minimum absolute atomic E-state index is 0.0467. The number of likely N-dealkylation sites (N-methyl/N-ethyl adjacent to an activating group) is 1. The van der Waals surface area contributed by atoms with Crippen LogP contribution in [0.1, 0.15) is 25.3 Å². The van der Waals surface area contributed by atoms with Gasteiger partial charge in [-0.05, 0) is 55.3 Å². The number of anilines is 1. The van der Waals surface area contributed by atoms with Crippen LogP contribution < -0.4 is 9.62 Å². The average Bonchev–Trinajstić information content (AvgIpc) is 2.75. The number of nitrogens with one attached hydrogen (secondary N) is 1. The van der Waals surface area contributed by atoms with Gasteiger partial charge in [-0.2, -0.15) is 0 Å². The fourth-order valence-electron chi connectivity index (χ4n) is 3.19. The molecule has 0 aromatic heterocycles. The van der Waals surface area contributed by atoms with Crippen LogP contribution in [-0.4, -0.2) is 51.0 Å². The molecule has 0 fully saturated rings. The molecule has 0 aliphatic carbocycles. The SMILES string of the molecule is CNC(=O)[C@@H](C)N(Cc1ccc(Br)cc1)C(=O)CCCN(c1ccc(F)cc1)S(C)(=O)=O. The van der Waals surface area contributed by atoms with E-state index < -0.39 is 21.9 Å². The first kappa shape index (κ1) is 25.8. The zero-order valence-corrected chi connectivity index (χ0v) is 20.6. The average molecular weight is 528 g/mol. The van der Waals surface area contributed by atoms with Gasteiger partial charge in [-0.15, -0.1) is 0 Å². The molecule has 0 aliphatic rings. The van der Waals surface area contributed by atoms with Crippen LogP contribution in [0, 0.1) is 5.82 Å². The standard InChI is InChI=1S/C22H27BrFN3O4S/c1-16(22(29)25-2)26(15-17-6-8-18(23)9-7-17)21(28)5-4-14-27(32(3,30)31)20-12-10-19(24)11-13-20/h6-13,16H,4-5,14-15H2,1-3H3,(H,25,29)/t16-/m1/s1. The van der Waals surface area contributed by atoms with Gasteiger partial charge in [0.05, 0.1) is 11.9 Å². The van der Waals surface area contributed by atoms with Crippen LogP contribution in [0.25, 0.3) is 0 Å². The Kier molecular flexibility index (Phi) is 9.21. The number of carbonyl (C=O) groups is 2. The van der Waals surface area contributed by atoms with Crippen molar-refractivity contribution in [3.8, 4) is 0 Å². The minimum Gasteiger partial charge on any atom is -0.357 e. The van der Waals surface area contributed by atoms with Gasteiger partial charge in [0.1, 0.15) is 11.9 Å². The Morgan fingerprint density at radius 1 is 1.09 bits per heavy atom. The number of rotatable bonds is 10. The van der Waals surface area contributed by atoms with Crippen molar-refractivity contribution in [1.82, 2.24) is 10.2 Å². The van der Waals surface area contributed by atoms with E-state index in [9.17, 15) is 22.4 Å². The number of amides is 2. The van der Waals surface area contributed by atoms with E-state index in [2.05, 4.69) is 21.2 Å². The van der Waals surface area contributed by atoms with Crippen LogP contribution in [0.4, 0.5) is 10.1 Å². The van der Waals surface area contributed by atoms with E-state index in [1.165, 1.54) is 36.2 Å². The summed E-state index contributed by atoms with van der Waals surface area (Å²) in [6.45, 7) is 1.95. The van der Waals surface area contributed by atoms with Gasteiger partial charge in [0.25, 0.3) is 0 Å². The molecular weight excluding hydrogens is 501 g/mol. The molecule has 2 rings (SSSR count). The molecule has 1 atom stereocenters. The summed E-state index contributed by atoms with van der Waals surface area (Å²) in [5.41, 5.74) is 1.19. The molecule has 1 N–H and O–H groups in total. The summed E-state index contributed by atoms with van der Waals surface area (Å²) >= 11 is 3.37. The minimum atomic E-state index is -3.62. The first-order valence-corrected chi connectivity index (χ1v) is 12.7. The lowest BCUT2D eigenvalue weighted by Crippen LogP contribution is -2.46. The Morgan fingerprint density at radius 3 is 2.22 bits per heavy atom. The molecular formula is C22H27BrFN3O4S. The first-order chi connectivity index (χ1) is 15.0. The second-order valence-corrected chi connectivity index (χ2v) is 10.2. The Morgan fingerprint density at radius 2 is 1.69 bits per heavy atom. The van der Waals surface area contributed by atoms with Crippen LogP contribution in [-0.2, 0) is 26.2 Å². The number of hydrogen-bond donors (Lipinski definition) is 1. The van der Waals surface area contributed by atoms with E-state index in [1.807, 2.05) is 24.3 Å². The van der Waals surface area contributed by atoms with E-state index in [0.29, 0.717) is 5.69 Å². The molecule has 174 valence electrons. The molecule has 0 radical (unpaired) electrons. The summed E-state index contributed by atoms with van der Waals surface area (Å²) in [7, 11) is -2.11. The largest absolute Gasteiger partial charge is 0.357 e. The maximum Gasteiger partial charge on any atom is 0.242 e. The van der Waals surface area contributed by atoms with Gasteiger partial charge in [-0.1, -0.05) is 28.1 Å². The van der Waals surface area contributed by atoms with Gasteiger partial charge in [-0.3, -0.25) is 13.9 Å². The molecule has 2 aromatic rings. The molecule has 32 heavy (non-hydrogen) atoms. The third kappa shape index (κ3) is 7.30. The molecule has 0 aliphatic heterocycles. The van der Waals surface area contributed by atoms with Crippen molar-refractivity contribution < 1.29 is 22.4 Å². The maximum absolute atomic E-state index is 13.2. The highest BCUT2D eigenvalue weighted by atomic mass is 79.9. The van der Waals surface area contributed by atoms with Crippen molar-refractivity contribution in [1.29, 1.82) is 0 Å². The number of hydrogen-bond acceptors (Lipinski definition) is 4. The molecule has 0 unspecified atom stereocenters. The van der Waals surface area contributed by atoms with Gasteiger partial charge < -0.3 is 10.2 Å². The number of halogens is 2. The van der Waals surface area contributed by atoms with E-state index in [1.54, 1.807) is 6.92 Å². The molecule has 10 heteroatoms. The van der Waals surface area contributed by atoms with E-state index >= 15 is 0 Å². The highest BCUT2D eigenvalue weighted by Gasteiger charge is 2.26. The van der Waals surface area contributed by atoms with Gasteiger partial charge in [-0.25, -0.2) is 12.8 Å². The van der Waals surface area contributed by atoms with Crippen molar-refractivity contribution in [2.75, 3.05) is 24.2 Å². The maximum atomic E-state index is 13.2. The first-order valence-electron chi connectivity index (χ1n) is 10.0. The van der Waals surface area contributed by atoms with E-state index in [0.717, 1.165) is 20.6 Å². The molecule has 2 aromatic carbocycles. The summed E-state index contributed by atoms with van der Waals surface area (Å²) in [5.74, 6) is -1.03. The lowest BCUT2D eigenvalue weighted by atomic mass is 10.1. The summed E-state index contributed by atoms with van der Waals surface area (Å²) < 4.78 is 39.7. The van der Waals surface area contributed by atoms with Crippen LogP contribution in [0.5, 0.6) is 0 Å². The molecule has 0 bridgehead atoms. The van der Waals surface area contributed by atoms with Crippen molar-refractivity contribution >= 4 is 43.5 Å². The quantitative estimate of drug-likeness (QED) is 0.513. The summed E-state index contributed by atoms with van der Waals surface area (Å²) in [6.07, 6.45) is 1.34. The van der Waals surface area contributed by atoms with Crippen LogP contribution in [0.15, 0.2) is 53.0 Å². The second kappa shape index (κ2) is 11.4. The predicted molar refractivity (Wildman–Crippen MR) is 126 cm³/mol. The Balaban J connectivity index is 2.12. The van der Waals surface area contributed by atoms with Gasteiger partial charge in [0.15, 0.2) is 0 Å². The molecule has 0 saturated carbocycles. The summed E-state index contributed by atoms with van der Waals surface area (Å²) in [6, 6.07) is 11.9. The zero-order chi connectivity index (χ0) is 23.9.